The zero-order valence-corrected chi connectivity index (χ0v) is 30.0. The van der Waals surface area contributed by atoms with E-state index >= 15 is 0 Å². The fourth-order valence-electron chi connectivity index (χ4n) is 8.25. The van der Waals surface area contributed by atoms with E-state index in [1.165, 1.54) is 19.3 Å². The number of esters is 2. The molecule has 4 aliphatic heterocycles. The van der Waals surface area contributed by atoms with Gasteiger partial charge in [0.15, 0.2) is 0 Å². The number of hydrogen-bond acceptors (Lipinski definition) is 11. The van der Waals surface area contributed by atoms with Crippen LogP contribution in [-0.4, -0.2) is 95.6 Å². The van der Waals surface area contributed by atoms with Crippen molar-refractivity contribution in [3.8, 4) is 17.1 Å². The molecule has 52 heavy (non-hydrogen) atoms. The predicted molar refractivity (Wildman–Crippen MR) is 191 cm³/mol. The van der Waals surface area contributed by atoms with Gasteiger partial charge >= 0.3 is 18.0 Å². The quantitative estimate of drug-likeness (QED) is 0.245. The van der Waals surface area contributed by atoms with Gasteiger partial charge in [-0.15, -0.1) is 0 Å². The molecular weight excluding hydrogens is 668 g/mol. The largest absolute Gasteiger partial charge is 0.457 e. The smallest absolute Gasteiger partial charge is 0.415 e. The number of cyclic esters (lactones) is 1. The van der Waals surface area contributed by atoms with E-state index in [9.17, 15) is 24.0 Å². The van der Waals surface area contributed by atoms with Gasteiger partial charge in [0.1, 0.15) is 18.9 Å². The van der Waals surface area contributed by atoms with Gasteiger partial charge in [-0.3, -0.25) is 14.4 Å². The topological polar surface area (TPSA) is 161 Å². The average Bonchev–Trinajstić information content (AvgIpc) is 3.53. The predicted octanol–water partition coefficient (Wildman–Crippen LogP) is 2.98. The van der Waals surface area contributed by atoms with Gasteiger partial charge in [-0.2, -0.15) is 0 Å². The molecule has 7 rings (SSSR count). The molecule has 2 N–H and O–H groups in total. The lowest BCUT2D eigenvalue weighted by Crippen LogP contribution is -2.49. The van der Waals surface area contributed by atoms with Crippen molar-refractivity contribution in [2.24, 2.45) is 0 Å². The van der Waals surface area contributed by atoms with Gasteiger partial charge in [0.05, 0.1) is 35.6 Å². The fraction of sp³-hybridized carbons (Fsp3) is 0.526. The second-order valence-corrected chi connectivity index (χ2v) is 14.0. The van der Waals surface area contributed by atoms with Crippen molar-refractivity contribution >= 4 is 34.8 Å². The highest BCUT2D eigenvalue weighted by Crippen LogP contribution is 2.42. The number of likely N-dealkylation sites (tertiary alicyclic amines) is 2. The molecular formula is C38H46N6O8. The van der Waals surface area contributed by atoms with E-state index in [0.29, 0.717) is 48.2 Å². The SMILES string of the molecule is CCc1c2c(nc3ccc(OC(=O)N4CCC(N5CCCCC5)CC4)cc13)-c1cc3c(c(=O)n1C2)COC(=O)[C@@]3(CC)OC(=O)CNC(=O)CNC. The molecule has 14 heteroatoms. The second kappa shape index (κ2) is 14.7. The highest BCUT2D eigenvalue weighted by Gasteiger charge is 2.50. The van der Waals surface area contributed by atoms with E-state index in [-0.39, 0.29) is 48.9 Å². The lowest BCUT2D eigenvalue weighted by Gasteiger charge is -2.39. The van der Waals surface area contributed by atoms with E-state index in [0.717, 1.165) is 42.4 Å². The molecule has 3 aromatic rings. The third-order valence-corrected chi connectivity index (χ3v) is 11.0. The summed E-state index contributed by atoms with van der Waals surface area (Å²) in [4.78, 5) is 74.9. The van der Waals surface area contributed by atoms with E-state index < -0.39 is 30.0 Å². The first-order chi connectivity index (χ1) is 25.2. The molecule has 276 valence electrons. The Hall–Kier alpha value is -4.82. The summed E-state index contributed by atoms with van der Waals surface area (Å²) in [5.41, 5.74) is 1.84. The summed E-state index contributed by atoms with van der Waals surface area (Å²) in [5, 5.41) is 5.98. The Labute approximate surface area is 301 Å². The summed E-state index contributed by atoms with van der Waals surface area (Å²) in [6.07, 6.45) is 5.98. The van der Waals surface area contributed by atoms with Crippen LogP contribution in [0.1, 0.15) is 74.6 Å². The maximum Gasteiger partial charge on any atom is 0.415 e. The fourth-order valence-corrected chi connectivity index (χ4v) is 8.25. The molecule has 4 aliphatic rings. The Bertz CT molecular complexity index is 1980. The Morgan fingerprint density at radius 2 is 1.77 bits per heavy atom. The summed E-state index contributed by atoms with van der Waals surface area (Å²) < 4.78 is 18.7. The van der Waals surface area contributed by atoms with Gasteiger partial charge in [0, 0.05) is 35.6 Å². The molecule has 0 aliphatic carbocycles. The number of rotatable bonds is 9. The number of carbonyl (C=O) groups is 4. The van der Waals surface area contributed by atoms with Gasteiger partial charge in [-0.1, -0.05) is 20.3 Å². The lowest BCUT2D eigenvalue weighted by molar-refractivity contribution is -0.189. The summed E-state index contributed by atoms with van der Waals surface area (Å²) in [6, 6.07) is 7.64. The van der Waals surface area contributed by atoms with E-state index in [2.05, 4.69) is 15.5 Å². The molecule has 1 aromatic carbocycles. The number of carbonyl (C=O) groups excluding carboxylic acids is 4. The van der Waals surface area contributed by atoms with E-state index in [1.54, 1.807) is 35.6 Å². The number of amides is 2. The molecule has 2 aromatic heterocycles. The summed E-state index contributed by atoms with van der Waals surface area (Å²) in [7, 11) is 1.60. The van der Waals surface area contributed by atoms with E-state index in [4.69, 9.17) is 19.2 Å². The molecule has 0 radical (unpaired) electrons. The van der Waals surface area contributed by atoms with Crippen molar-refractivity contribution in [1.29, 1.82) is 0 Å². The van der Waals surface area contributed by atoms with Crippen molar-refractivity contribution in [2.45, 2.75) is 83.6 Å². The zero-order valence-electron chi connectivity index (χ0n) is 30.0. The van der Waals surface area contributed by atoms with Crippen molar-refractivity contribution in [3.05, 3.63) is 56.9 Å². The monoisotopic (exact) mass is 714 g/mol. The van der Waals surface area contributed by atoms with Gasteiger partial charge < -0.3 is 39.2 Å². The number of nitrogens with one attached hydrogen (secondary N) is 2. The number of fused-ring (bicyclic) bond motifs is 5. The third kappa shape index (κ3) is 6.42. The van der Waals surface area contributed by atoms with Crippen molar-refractivity contribution in [3.63, 3.8) is 0 Å². The highest BCUT2D eigenvalue weighted by molar-refractivity contribution is 5.91. The maximum absolute atomic E-state index is 14.1. The number of nitrogens with zero attached hydrogens (tertiary/aromatic N) is 4. The highest BCUT2D eigenvalue weighted by atomic mass is 16.6. The van der Waals surface area contributed by atoms with Crippen LogP contribution < -0.4 is 20.9 Å². The van der Waals surface area contributed by atoms with Gasteiger partial charge in [-0.25, -0.2) is 14.6 Å². The number of ether oxygens (including phenoxy) is 3. The van der Waals surface area contributed by atoms with Gasteiger partial charge in [-0.05, 0) is 88.5 Å². The van der Waals surface area contributed by atoms with Crippen molar-refractivity contribution < 1.29 is 33.4 Å². The first-order valence-corrected chi connectivity index (χ1v) is 18.4. The van der Waals surface area contributed by atoms with E-state index in [1.807, 2.05) is 19.1 Å². The maximum atomic E-state index is 14.1. The standard InChI is InChI=1S/C38H46N6O8/c1-4-25-26-17-24(51-37(49)43-15-11-23(12-16-43)42-13-7-6-8-14-42)9-10-30(26)41-34-27(25)21-44-31(34)18-29-28(35(44)47)22-50-36(48)38(29,5-2)52-33(46)20-40-32(45)19-39-3/h9-10,17-18,23,39H,4-8,11-16,19-22H2,1-3H3,(H,40,45)/t38-/m0/s1. The Kier molecular flexibility index (Phi) is 10.0. The first-order valence-electron chi connectivity index (χ1n) is 18.4. The van der Waals surface area contributed by atoms with Crippen LogP contribution in [0.25, 0.3) is 22.3 Å². The van der Waals surface area contributed by atoms with Crippen LogP contribution in [0, 0.1) is 0 Å². The number of benzene rings is 1. The van der Waals surface area contributed by atoms with Crippen LogP contribution in [0.3, 0.4) is 0 Å². The number of pyridine rings is 2. The minimum absolute atomic E-state index is 0.00523. The molecule has 0 saturated carbocycles. The molecule has 2 fully saturated rings. The molecule has 2 saturated heterocycles. The Morgan fingerprint density at radius 1 is 1.00 bits per heavy atom. The number of aromatic nitrogens is 2. The van der Waals surface area contributed by atoms with Crippen molar-refractivity contribution in [2.75, 3.05) is 46.3 Å². The van der Waals surface area contributed by atoms with Crippen LogP contribution in [-0.2, 0) is 49.0 Å². The molecule has 14 nitrogen and oxygen atoms in total. The summed E-state index contributed by atoms with van der Waals surface area (Å²) >= 11 is 0. The summed E-state index contributed by atoms with van der Waals surface area (Å²) in [5.74, 6) is -1.60. The van der Waals surface area contributed by atoms with Crippen LogP contribution in [0.15, 0.2) is 29.1 Å². The number of aryl methyl sites for hydroxylation is 1. The molecule has 6 heterocycles. The zero-order chi connectivity index (χ0) is 36.6. The Morgan fingerprint density at radius 3 is 2.48 bits per heavy atom. The summed E-state index contributed by atoms with van der Waals surface area (Å²) in [6.45, 7) is 6.87. The number of piperidine rings is 2. The lowest BCUT2D eigenvalue weighted by atomic mass is 9.85. The molecule has 0 unspecified atom stereocenters. The second-order valence-electron chi connectivity index (χ2n) is 14.0. The first kappa shape index (κ1) is 35.6. The Balaban J connectivity index is 1.15. The molecule has 0 spiro atoms. The molecule has 2 amide bonds. The molecule has 0 bridgehead atoms. The minimum atomic E-state index is -1.87. The number of hydrogen-bond donors (Lipinski definition) is 2. The van der Waals surface area contributed by atoms with Gasteiger partial charge in [0.2, 0.25) is 11.5 Å². The number of likely N-dealkylation sites (N-methyl/N-ethyl adjacent to an activating group) is 1. The van der Waals surface area contributed by atoms with Crippen LogP contribution in [0.2, 0.25) is 0 Å². The molecule has 1 atom stereocenters. The van der Waals surface area contributed by atoms with Crippen LogP contribution in [0.5, 0.6) is 5.75 Å². The van der Waals surface area contributed by atoms with Gasteiger partial charge in [0.25, 0.3) is 5.56 Å². The van der Waals surface area contributed by atoms with Crippen LogP contribution >= 0.6 is 0 Å². The third-order valence-electron chi connectivity index (χ3n) is 11.0. The van der Waals surface area contributed by atoms with Crippen LogP contribution in [0.4, 0.5) is 4.79 Å². The minimum Gasteiger partial charge on any atom is -0.457 e. The normalized spacial score (nSPS) is 20.1. The van der Waals surface area contributed by atoms with Crippen molar-refractivity contribution in [1.82, 2.24) is 30.0 Å². The average molecular weight is 715 g/mol.